The van der Waals surface area contributed by atoms with Gasteiger partial charge in [-0.15, -0.1) is 11.6 Å². The summed E-state index contributed by atoms with van der Waals surface area (Å²) in [5, 5.41) is 3.88. The zero-order valence-corrected chi connectivity index (χ0v) is 12.7. The molecule has 1 N–H and O–H groups in total. The molecule has 2 aromatic rings. The van der Waals surface area contributed by atoms with Crippen molar-refractivity contribution in [2.75, 3.05) is 12.4 Å². The second-order valence-corrected chi connectivity index (χ2v) is 5.49. The van der Waals surface area contributed by atoms with E-state index in [0.717, 1.165) is 29.4 Å². The molecule has 20 heavy (non-hydrogen) atoms. The van der Waals surface area contributed by atoms with Crippen LogP contribution in [0.2, 0.25) is 0 Å². The monoisotopic (exact) mass is 293 g/mol. The number of carbonyl (C=O) groups is 1. The summed E-state index contributed by atoms with van der Waals surface area (Å²) in [5.74, 6) is 1.25. The maximum absolute atomic E-state index is 12.1. The molecule has 0 aliphatic carbocycles. The minimum absolute atomic E-state index is 0.160. The van der Waals surface area contributed by atoms with Crippen LogP contribution in [0.25, 0.3) is 11.0 Å². The molecule has 0 radical (unpaired) electrons. The summed E-state index contributed by atoms with van der Waals surface area (Å²) in [6.45, 7) is 4.76. The Morgan fingerprint density at radius 2 is 2.20 bits per heavy atom. The van der Waals surface area contributed by atoms with Crippen molar-refractivity contribution in [3.05, 3.63) is 35.6 Å². The Labute approximate surface area is 124 Å². The van der Waals surface area contributed by atoms with Crippen LogP contribution in [0.1, 0.15) is 35.9 Å². The van der Waals surface area contributed by atoms with Crippen LogP contribution >= 0.6 is 11.6 Å². The summed E-state index contributed by atoms with van der Waals surface area (Å²) >= 11 is 5.74. The van der Waals surface area contributed by atoms with Gasteiger partial charge >= 0.3 is 0 Å². The molecule has 0 saturated heterocycles. The van der Waals surface area contributed by atoms with E-state index in [1.54, 1.807) is 6.07 Å². The third-order valence-electron chi connectivity index (χ3n) is 3.54. The number of benzene rings is 1. The van der Waals surface area contributed by atoms with Gasteiger partial charge in [-0.1, -0.05) is 25.0 Å². The van der Waals surface area contributed by atoms with E-state index in [4.69, 9.17) is 16.0 Å². The highest BCUT2D eigenvalue weighted by molar-refractivity contribution is 6.17. The fourth-order valence-corrected chi connectivity index (χ4v) is 2.51. The van der Waals surface area contributed by atoms with E-state index in [0.29, 0.717) is 24.1 Å². The van der Waals surface area contributed by atoms with Crippen LogP contribution in [-0.4, -0.2) is 18.3 Å². The highest BCUT2D eigenvalue weighted by Crippen LogP contribution is 2.20. The highest BCUT2D eigenvalue weighted by Gasteiger charge is 2.14. The van der Waals surface area contributed by atoms with E-state index in [2.05, 4.69) is 12.2 Å². The van der Waals surface area contributed by atoms with Crippen molar-refractivity contribution in [3.63, 3.8) is 0 Å². The fourth-order valence-electron chi connectivity index (χ4n) is 2.20. The molecule has 2 rings (SSSR count). The Balaban J connectivity index is 2.03. The molecule has 108 valence electrons. The van der Waals surface area contributed by atoms with Gasteiger partial charge in [-0.2, -0.15) is 0 Å². The Hall–Kier alpha value is -1.48. The van der Waals surface area contributed by atoms with Crippen molar-refractivity contribution in [2.45, 2.75) is 26.7 Å². The third kappa shape index (κ3) is 3.54. The Morgan fingerprint density at radius 1 is 1.40 bits per heavy atom. The molecule has 1 unspecified atom stereocenters. The number of nitrogens with one attached hydrogen (secondary N) is 1. The number of fused-ring (bicyclic) bond motifs is 1. The number of carbonyl (C=O) groups excluding carboxylic acids is 1. The molecule has 1 amide bonds. The Kier molecular flexibility index (Phi) is 5.07. The molecular weight excluding hydrogens is 274 g/mol. The lowest BCUT2D eigenvalue weighted by Crippen LogP contribution is -2.29. The van der Waals surface area contributed by atoms with Gasteiger partial charge in [-0.3, -0.25) is 4.79 Å². The van der Waals surface area contributed by atoms with E-state index < -0.39 is 0 Å². The van der Waals surface area contributed by atoms with Crippen LogP contribution in [-0.2, 0) is 0 Å². The highest BCUT2D eigenvalue weighted by atomic mass is 35.5. The van der Waals surface area contributed by atoms with Crippen LogP contribution in [0.5, 0.6) is 0 Å². The second kappa shape index (κ2) is 6.80. The zero-order valence-electron chi connectivity index (χ0n) is 11.9. The van der Waals surface area contributed by atoms with Gasteiger partial charge in [0.1, 0.15) is 5.58 Å². The first-order chi connectivity index (χ1) is 9.63. The number of hydrogen-bond acceptors (Lipinski definition) is 2. The lowest BCUT2D eigenvalue weighted by atomic mass is 10.0. The molecule has 4 heteroatoms. The first-order valence-corrected chi connectivity index (χ1v) is 7.51. The molecule has 0 saturated carbocycles. The molecule has 1 aromatic heterocycles. The first kappa shape index (κ1) is 14.9. The predicted molar refractivity (Wildman–Crippen MR) is 82.4 cm³/mol. The third-order valence-corrected chi connectivity index (χ3v) is 3.76. The lowest BCUT2D eigenvalue weighted by Gasteiger charge is -2.13. The molecule has 0 fully saturated rings. The average molecular weight is 294 g/mol. The van der Waals surface area contributed by atoms with Crippen LogP contribution in [0, 0.1) is 12.8 Å². The van der Waals surface area contributed by atoms with E-state index in [-0.39, 0.29) is 5.91 Å². The number of halogens is 1. The van der Waals surface area contributed by atoms with Crippen molar-refractivity contribution in [1.29, 1.82) is 0 Å². The smallest absolute Gasteiger partial charge is 0.287 e. The SMILES string of the molecule is CCC(CCCl)CNC(=O)c1cc2cc(C)ccc2o1. The van der Waals surface area contributed by atoms with Crippen molar-refractivity contribution < 1.29 is 9.21 Å². The summed E-state index contributed by atoms with van der Waals surface area (Å²) in [6.07, 6.45) is 1.92. The van der Waals surface area contributed by atoms with Gasteiger partial charge in [0.2, 0.25) is 0 Å². The zero-order chi connectivity index (χ0) is 14.5. The van der Waals surface area contributed by atoms with Gasteiger partial charge in [0.05, 0.1) is 0 Å². The van der Waals surface area contributed by atoms with Gasteiger partial charge in [-0.05, 0) is 37.5 Å². The topological polar surface area (TPSA) is 42.2 Å². The summed E-state index contributed by atoms with van der Waals surface area (Å²) in [6, 6.07) is 7.67. The molecule has 0 bridgehead atoms. The average Bonchev–Trinajstić information content (AvgIpc) is 2.86. The van der Waals surface area contributed by atoms with E-state index in [9.17, 15) is 4.79 Å². The van der Waals surface area contributed by atoms with Crippen molar-refractivity contribution in [2.24, 2.45) is 5.92 Å². The van der Waals surface area contributed by atoms with E-state index in [1.165, 1.54) is 0 Å². The normalized spacial score (nSPS) is 12.6. The number of amides is 1. The predicted octanol–water partition coefficient (Wildman–Crippen LogP) is 4.13. The molecule has 0 spiro atoms. The minimum atomic E-state index is -0.160. The summed E-state index contributed by atoms with van der Waals surface area (Å²) in [5.41, 5.74) is 1.90. The quantitative estimate of drug-likeness (QED) is 0.814. The van der Waals surface area contributed by atoms with E-state index >= 15 is 0 Å². The molecule has 0 aliphatic rings. The number of furan rings is 1. The van der Waals surface area contributed by atoms with Gasteiger partial charge in [-0.25, -0.2) is 0 Å². The van der Waals surface area contributed by atoms with Crippen LogP contribution in [0.15, 0.2) is 28.7 Å². The standard InChI is InChI=1S/C16H20ClNO2/c1-3-12(6-7-17)10-18-16(19)15-9-13-8-11(2)4-5-14(13)20-15/h4-5,8-9,12H,3,6-7,10H2,1-2H3,(H,18,19). The maximum Gasteiger partial charge on any atom is 0.287 e. The van der Waals surface area contributed by atoms with Gasteiger partial charge in [0.25, 0.3) is 5.91 Å². The first-order valence-electron chi connectivity index (χ1n) is 6.98. The van der Waals surface area contributed by atoms with E-state index in [1.807, 2.05) is 25.1 Å². The fraction of sp³-hybridized carbons (Fsp3) is 0.438. The second-order valence-electron chi connectivity index (χ2n) is 5.11. The Morgan fingerprint density at radius 3 is 2.90 bits per heavy atom. The van der Waals surface area contributed by atoms with Crippen LogP contribution < -0.4 is 5.32 Å². The Bertz CT molecular complexity index is 591. The summed E-state index contributed by atoms with van der Waals surface area (Å²) < 4.78 is 5.57. The lowest BCUT2D eigenvalue weighted by molar-refractivity contribution is 0.0921. The minimum Gasteiger partial charge on any atom is -0.451 e. The summed E-state index contributed by atoms with van der Waals surface area (Å²) in [7, 11) is 0. The van der Waals surface area contributed by atoms with Gasteiger partial charge < -0.3 is 9.73 Å². The number of hydrogen-bond donors (Lipinski definition) is 1. The van der Waals surface area contributed by atoms with Crippen LogP contribution in [0.3, 0.4) is 0 Å². The molecule has 3 nitrogen and oxygen atoms in total. The molecule has 0 aliphatic heterocycles. The number of rotatable bonds is 6. The van der Waals surface area contributed by atoms with Gasteiger partial charge in [0, 0.05) is 17.8 Å². The number of alkyl halides is 1. The van der Waals surface area contributed by atoms with Crippen LogP contribution in [0.4, 0.5) is 0 Å². The molecule has 1 aromatic carbocycles. The van der Waals surface area contributed by atoms with Crippen molar-refractivity contribution >= 4 is 28.5 Å². The molecule has 1 atom stereocenters. The molecule has 1 heterocycles. The molecular formula is C16H20ClNO2. The maximum atomic E-state index is 12.1. The largest absolute Gasteiger partial charge is 0.451 e. The number of aryl methyl sites for hydroxylation is 1. The summed E-state index contributed by atoms with van der Waals surface area (Å²) in [4.78, 5) is 12.1. The van der Waals surface area contributed by atoms with Gasteiger partial charge in [0.15, 0.2) is 5.76 Å². The van der Waals surface area contributed by atoms with Crippen molar-refractivity contribution in [3.8, 4) is 0 Å². The van der Waals surface area contributed by atoms with Crippen molar-refractivity contribution in [1.82, 2.24) is 5.32 Å².